The Balaban J connectivity index is 1.73. The predicted octanol–water partition coefficient (Wildman–Crippen LogP) is 5.78. The molecule has 1 heterocycles. The molecule has 0 aliphatic rings. The molecule has 8 heteroatoms. The molecule has 0 saturated heterocycles. The number of amides is 1. The first kappa shape index (κ1) is 20.6. The zero-order valence-corrected chi connectivity index (χ0v) is 16.7. The van der Waals surface area contributed by atoms with Gasteiger partial charge >= 0.3 is 6.03 Å². The molecule has 0 bridgehead atoms. The third-order valence-corrected chi connectivity index (χ3v) is 5.03. The van der Waals surface area contributed by atoms with E-state index in [1.54, 1.807) is 48.5 Å². The van der Waals surface area contributed by atoms with E-state index < -0.39 is 29.3 Å². The van der Waals surface area contributed by atoms with Crippen molar-refractivity contribution in [1.29, 1.82) is 0 Å². The fourth-order valence-electron chi connectivity index (χ4n) is 3.34. The Morgan fingerprint density at radius 3 is 2.42 bits per heavy atom. The average Bonchev–Trinajstić information content (AvgIpc) is 3.03. The van der Waals surface area contributed by atoms with Gasteiger partial charge < -0.3 is 10.4 Å². The second-order valence-electron chi connectivity index (χ2n) is 6.83. The third kappa shape index (κ3) is 4.00. The van der Waals surface area contributed by atoms with Gasteiger partial charge in [0.15, 0.2) is 5.78 Å². The molecule has 0 radical (unpaired) electrons. The maximum atomic E-state index is 14.0. The highest BCUT2D eigenvalue weighted by molar-refractivity contribution is 6.30. The highest BCUT2D eigenvalue weighted by Gasteiger charge is 2.26. The molecule has 31 heavy (non-hydrogen) atoms. The normalized spacial score (nSPS) is 10.9. The Labute approximate surface area is 180 Å². The summed E-state index contributed by atoms with van der Waals surface area (Å²) >= 11 is 5.87. The van der Waals surface area contributed by atoms with Crippen LogP contribution in [0.2, 0.25) is 5.02 Å². The number of ketones is 1. The summed E-state index contributed by atoms with van der Waals surface area (Å²) in [4.78, 5) is 25.8. The number of fused-ring (bicyclic) bond motifs is 1. The van der Waals surface area contributed by atoms with Gasteiger partial charge in [-0.15, -0.1) is 0 Å². The summed E-state index contributed by atoms with van der Waals surface area (Å²) in [5.74, 6) is -2.74. The topological polar surface area (TPSA) is 71.3 Å². The van der Waals surface area contributed by atoms with Gasteiger partial charge in [0.25, 0.3) is 0 Å². The van der Waals surface area contributed by atoms with Gasteiger partial charge in [0.2, 0.25) is 5.88 Å². The van der Waals surface area contributed by atoms with Crippen LogP contribution in [0.1, 0.15) is 15.9 Å². The highest BCUT2D eigenvalue weighted by Crippen LogP contribution is 2.33. The number of hydrogen-bond donors (Lipinski definition) is 2. The maximum Gasteiger partial charge on any atom is 0.333 e. The molecule has 156 valence electrons. The van der Waals surface area contributed by atoms with Gasteiger partial charge in [-0.25, -0.2) is 18.1 Å². The lowest BCUT2D eigenvalue weighted by Gasteiger charge is -2.09. The molecule has 0 aliphatic carbocycles. The monoisotopic (exact) mass is 440 g/mol. The number of carbonyl (C=O) groups is 2. The molecule has 0 aliphatic heterocycles. The molecule has 5 nitrogen and oxygen atoms in total. The molecular formula is C23H15ClF2N2O3. The first-order valence-electron chi connectivity index (χ1n) is 9.21. The molecule has 1 amide bonds. The van der Waals surface area contributed by atoms with Crippen LogP contribution >= 0.6 is 11.6 Å². The van der Waals surface area contributed by atoms with Crippen LogP contribution in [0.25, 0.3) is 10.9 Å². The fourth-order valence-corrected chi connectivity index (χ4v) is 3.47. The van der Waals surface area contributed by atoms with Crippen molar-refractivity contribution in [1.82, 2.24) is 4.57 Å². The van der Waals surface area contributed by atoms with Gasteiger partial charge in [-0.2, -0.15) is 0 Å². The summed E-state index contributed by atoms with van der Waals surface area (Å²) in [6, 6.07) is 14.9. The number of rotatable bonds is 4. The van der Waals surface area contributed by atoms with Crippen molar-refractivity contribution in [3.8, 4) is 5.88 Å². The van der Waals surface area contributed by atoms with Crippen LogP contribution in [0.3, 0.4) is 0 Å². The molecule has 4 rings (SSSR count). The molecule has 0 saturated carbocycles. The van der Waals surface area contributed by atoms with E-state index in [9.17, 15) is 23.5 Å². The zero-order chi connectivity index (χ0) is 22.1. The number of benzene rings is 3. The second-order valence-corrected chi connectivity index (χ2v) is 7.27. The smallest absolute Gasteiger partial charge is 0.333 e. The average molecular weight is 441 g/mol. The van der Waals surface area contributed by atoms with Crippen molar-refractivity contribution < 1.29 is 23.5 Å². The highest BCUT2D eigenvalue weighted by atomic mass is 35.5. The van der Waals surface area contributed by atoms with E-state index >= 15 is 0 Å². The van der Waals surface area contributed by atoms with Crippen LogP contribution in [0.4, 0.5) is 19.3 Å². The number of para-hydroxylation sites is 1. The van der Waals surface area contributed by atoms with Crippen LogP contribution < -0.4 is 5.32 Å². The van der Waals surface area contributed by atoms with Gasteiger partial charge in [-0.3, -0.25) is 4.79 Å². The standard InChI is InChI=1S/C23H15ClF2N2O3/c24-14-7-5-13(6-8-14)11-20(29)21-16-3-1-2-4-19(16)28(22(21)30)23(31)27-18-10-9-15(25)12-17(18)26/h1-10,12,30H,11H2,(H,27,31). The van der Waals surface area contributed by atoms with Gasteiger partial charge in [-0.1, -0.05) is 41.9 Å². The predicted molar refractivity (Wildman–Crippen MR) is 114 cm³/mol. The Morgan fingerprint density at radius 2 is 1.71 bits per heavy atom. The van der Waals surface area contributed by atoms with Gasteiger partial charge in [0.1, 0.15) is 11.6 Å². The van der Waals surface area contributed by atoms with E-state index in [1.165, 1.54) is 0 Å². The van der Waals surface area contributed by atoms with E-state index in [0.29, 0.717) is 22.0 Å². The molecule has 0 spiro atoms. The number of halogens is 3. The molecule has 0 fully saturated rings. The Kier molecular flexibility index (Phi) is 5.44. The van der Waals surface area contributed by atoms with Crippen molar-refractivity contribution in [3.63, 3.8) is 0 Å². The lowest BCUT2D eigenvalue weighted by atomic mass is 10.0. The largest absolute Gasteiger partial charge is 0.494 e. The van der Waals surface area contributed by atoms with Crippen LogP contribution in [0, 0.1) is 11.6 Å². The van der Waals surface area contributed by atoms with Crippen molar-refractivity contribution in [2.75, 3.05) is 5.32 Å². The van der Waals surface area contributed by atoms with E-state index in [4.69, 9.17) is 11.6 Å². The first-order valence-corrected chi connectivity index (χ1v) is 9.59. The number of anilines is 1. The van der Waals surface area contributed by atoms with Crippen LogP contribution in [-0.4, -0.2) is 21.5 Å². The van der Waals surface area contributed by atoms with Crippen molar-refractivity contribution in [2.24, 2.45) is 0 Å². The summed E-state index contributed by atoms with van der Waals surface area (Å²) < 4.78 is 28.0. The van der Waals surface area contributed by atoms with E-state index in [0.717, 1.165) is 16.7 Å². The van der Waals surface area contributed by atoms with Crippen molar-refractivity contribution in [2.45, 2.75) is 6.42 Å². The molecule has 2 N–H and O–H groups in total. The maximum absolute atomic E-state index is 14.0. The van der Waals surface area contributed by atoms with Gasteiger partial charge in [0.05, 0.1) is 16.8 Å². The van der Waals surface area contributed by atoms with E-state index in [1.807, 2.05) is 0 Å². The number of carbonyl (C=O) groups excluding carboxylic acids is 2. The molecule has 1 aromatic heterocycles. The van der Waals surface area contributed by atoms with Gasteiger partial charge in [0, 0.05) is 22.9 Å². The Bertz CT molecular complexity index is 1320. The van der Waals surface area contributed by atoms with Crippen LogP contribution in [-0.2, 0) is 6.42 Å². The number of hydrogen-bond acceptors (Lipinski definition) is 3. The lowest BCUT2D eigenvalue weighted by Crippen LogP contribution is -2.20. The number of aromatic hydroxyl groups is 1. The third-order valence-electron chi connectivity index (χ3n) is 4.78. The first-order chi connectivity index (χ1) is 14.8. The number of nitrogens with zero attached hydrogens (tertiary/aromatic N) is 1. The molecule has 4 aromatic rings. The Hall–Kier alpha value is -3.71. The van der Waals surface area contributed by atoms with Gasteiger partial charge in [-0.05, 0) is 35.9 Å². The summed E-state index contributed by atoms with van der Waals surface area (Å²) in [7, 11) is 0. The summed E-state index contributed by atoms with van der Waals surface area (Å²) in [5.41, 5.74) is 0.654. The minimum Gasteiger partial charge on any atom is -0.494 e. The summed E-state index contributed by atoms with van der Waals surface area (Å²) in [6.07, 6.45) is -0.0209. The van der Waals surface area contributed by atoms with E-state index in [2.05, 4.69) is 5.32 Å². The SMILES string of the molecule is O=C(Cc1ccc(Cl)cc1)c1c(O)n(C(=O)Nc2ccc(F)cc2F)c2ccccc12. The number of Topliss-reactive ketones (excluding diaryl/α,β-unsaturated/α-hetero) is 1. The fraction of sp³-hybridized carbons (Fsp3) is 0.0435. The van der Waals surface area contributed by atoms with Crippen LogP contribution in [0.5, 0.6) is 5.88 Å². The second kappa shape index (κ2) is 8.20. The molecule has 3 aromatic carbocycles. The molecule has 0 unspecified atom stereocenters. The van der Waals surface area contributed by atoms with Crippen molar-refractivity contribution >= 4 is 40.0 Å². The molecule has 0 atom stereocenters. The van der Waals surface area contributed by atoms with E-state index in [-0.39, 0.29) is 23.2 Å². The minimum atomic E-state index is -0.969. The number of nitrogens with one attached hydrogen (secondary N) is 1. The lowest BCUT2D eigenvalue weighted by molar-refractivity contribution is 0.0992. The van der Waals surface area contributed by atoms with Crippen molar-refractivity contribution in [3.05, 3.63) is 94.5 Å². The summed E-state index contributed by atoms with van der Waals surface area (Å²) in [6.45, 7) is 0. The quantitative estimate of drug-likeness (QED) is 0.395. The van der Waals surface area contributed by atoms with Crippen LogP contribution in [0.15, 0.2) is 66.7 Å². The number of aromatic nitrogens is 1. The minimum absolute atomic E-state index is 0.0209. The summed E-state index contributed by atoms with van der Waals surface area (Å²) in [5, 5.41) is 14.0. The molecular weight excluding hydrogens is 426 g/mol. The zero-order valence-electron chi connectivity index (χ0n) is 15.9. The Morgan fingerprint density at radius 1 is 1.00 bits per heavy atom.